The van der Waals surface area contributed by atoms with E-state index in [1.165, 1.54) is 81.4 Å². The van der Waals surface area contributed by atoms with Gasteiger partial charge in [-0.1, -0.05) is 126 Å². The second-order valence-corrected chi connectivity index (χ2v) is 8.88. The van der Waals surface area contributed by atoms with Gasteiger partial charge >= 0.3 is 0 Å². The average molecular weight is 432 g/mol. The van der Waals surface area contributed by atoms with Gasteiger partial charge in [0.2, 0.25) is 0 Å². The largest absolute Gasteiger partial charge is 0.269 e. The number of nitrogens with zero attached hydrogens (tertiary/aromatic N) is 1. The molecule has 3 aromatic carbocycles. The van der Waals surface area contributed by atoms with Gasteiger partial charge in [0.05, 0.1) is 18.0 Å². The SMILES string of the molecule is CCCCCCCCCCCCCCON(c1ccccc1)c1ccc2ccccc2c1. The predicted molar refractivity (Wildman–Crippen MR) is 140 cm³/mol. The summed E-state index contributed by atoms with van der Waals surface area (Å²) >= 11 is 0. The first-order valence-electron chi connectivity index (χ1n) is 12.9. The molecule has 0 fully saturated rings. The number of unbranched alkanes of at least 4 members (excludes halogenated alkanes) is 11. The molecule has 0 aliphatic rings. The Bertz CT molecular complexity index is 876. The molecule has 0 heterocycles. The standard InChI is InChI=1S/C30H41NO/c1-2-3-4-5-6-7-8-9-10-11-12-18-25-32-31(29-21-14-13-15-22-29)30-24-23-27-19-16-17-20-28(27)26-30/h13-17,19-24,26H,2-12,18,25H2,1H3. The van der Waals surface area contributed by atoms with Gasteiger partial charge in [0.1, 0.15) is 0 Å². The van der Waals surface area contributed by atoms with E-state index in [1.807, 2.05) is 11.1 Å². The Labute approximate surface area is 195 Å². The van der Waals surface area contributed by atoms with Crippen LogP contribution in [-0.2, 0) is 4.84 Å². The highest BCUT2D eigenvalue weighted by atomic mass is 16.7. The highest BCUT2D eigenvalue weighted by molar-refractivity contribution is 5.86. The second-order valence-electron chi connectivity index (χ2n) is 8.88. The molecule has 2 heteroatoms. The fraction of sp³-hybridized carbons (Fsp3) is 0.467. The first-order valence-corrected chi connectivity index (χ1v) is 12.9. The molecule has 0 atom stereocenters. The summed E-state index contributed by atoms with van der Waals surface area (Å²) in [5.41, 5.74) is 2.15. The third-order valence-electron chi connectivity index (χ3n) is 6.18. The van der Waals surface area contributed by atoms with Crippen LogP contribution in [0.1, 0.15) is 84.0 Å². The first-order chi connectivity index (χ1) is 15.9. The number of anilines is 2. The molecule has 0 aliphatic heterocycles. The Balaban J connectivity index is 1.39. The maximum absolute atomic E-state index is 6.29. The van der Waals surface area contributed by atoms with Crippen molar-refractivity contribution < 1.29 is 4.84 Å². The number of fused-ring (bicyclic) bond motifs is 1. The third-order valence-corrected chi connectivity index (χ3v) is 6.18. The zero-order valence-corrected chi connectivity index (χ0v) is 20.0. The quantitative estimate of drug-likeness (QED) is 0.165. The molecule has 3 rings (SSSR count). The minimum absolute atomic E-state index is 0.749. The van der Waals surface area contributed by atoms with Crippen LogP contribution >= 0.6 is 0 Å². The smallest absolute Gasteiger partial charge is 0.0753 e. The lowest BCUT2D eigenvalue weighted by Gasteiger charge is -2.24. The van der Waals surface area contributed by atoms with Gasteiger partial charge in [-0.3, -0.25) is 4.84 Å². The molecule has 0 saturated carbocycles. The number of hydrogen-bond donors (Lipinski definition) is 0. The second kappa shape index (κ2) is 14.7. The van der Waals surface area contributed by atoms with Gasteiger partial charge in [-0.2, -0.15) is 0 Å². The molecule has 0 N–H and O–H groups in total. The van der Waals surface area contributed by atoms with Crippen molar-refractivity contribution in [3.8, 4) is 0 Å². The summed E-state index contributed by atoms with van der Waals surface area (Å²) in [6, 6.07) is 25.4. The van der Waals surface area contributed by atoms with Gasteiger partial charge in [-0.15, -0.1) is 0 Å². The molecule has 0 aliphatic carbocycles. The van der Waals surface area contributed by atoms with Crippen molar-refractivity contribution in [2.75, 3.05) is 11.7 Å². The molecule has 3 aromatic rings. The van der Waals surface area contributed by atoms with E-state index in [0.29, 0.717) is 0 Å². The van der Waals surface area contributed by atoms with E-state index in [0.717, 1.165) is 24.4 Å². The van der Waals surface area contributed by atoms with Crippen molar-refractivity contribution >= 4 is 22.1 Å². The van der Waals surface area contributed by atoms with Crippen molar-refractivity contribution in [2.24, 2.45) is 0 Å². The van der Waals surface area contributed by atoms with Gasteiger partial charge < -0.3 is 0 Å². The molecule has 0 unspecified atom stereocenters. The van der Waals surface area contributed by atoms with E-state index in [4.69, 9.17) is 4.84 Å². The van der Waals surface area contributed by atoms with Crippen molar-refractivity contribution in [3.05, 3.63) is 72.8 Å². The minimum atomic E-state index is 0.749. The summed E-state index contributed by atoms with van der Waals surface area (Å²) in [6.45, 7) is 3.03. The van der Waals surface area contributed by atoms with Crippen LogP contribution in [0.15, 0.2) is 72.8 Å². The molecule has 32 heavy (non-hydrogen) atoms. The van der Waals surface area contributed by atoms with E-state index < -0.39 is 0 Å². The summed E-state index contributed by atoms with van der Waals surface area (Å²) in [6.07, 6.45) is 16.3. The number of hydrogen-bond acceptors (Lipinski definition) is 2. The van der Waals surface area contributed by atoms with Gasteiger partial charge in [0.25, 0.3) is 0 Å². The van der Waals surface area contributed by atoms with Gasteiger partial charge in [-0.05, 0) is 41.5 Å². The highest BCUT2D eigenvalue weighted by Gasteiger charge is 2.10. The van der Waals surface area contributed by atoms with Crippen molar-refractivity contribution in [1.82, 2.24) is 0 Å². The molecule has 0 amide bonds. The molecular weight excluding hydrogens is 390 g/mol. The molecular formula is C30H41NO. The topological polar surface area (TPSA) is 12.5 Å². The lowest BCUT2D eigenvalue weighted by Crippen LogP contribution is -2.18. The number of para-hydroxylation sites is 1. The third kappa shape index (κ3) is 8.31. The Morgan fingerprint density at radius 3 is 1.75 bits per heavy atom. The van der Waals surface area contributed by atoms with Crippen LogP contribution in [0.5, 0.6) is 0 Å². The highest BCUT2D eigenvalue weighted by Crippen LogP contribution is 2.29. The van der Waals surface area contributed by atoms with Crippen molar-refractivity contribution in [2.45, 2.75) is 84.0 Å². The maximum atomic E-state index is 6.29. The number of benzene rings is 3. The molecule has 0 spiro atoms. The van der Waals surface area contributed by atoms with Crippen LogP contribution in [0.25, 0.3) is 10.8 Å². The lowest BCUT2D eigenvalue weighted by molar-refractivity contribution is 0.131. The number of rotatable bonds is 16. The normalized spacial score (nSPS) is 11.2. The molecule has 172 valence electrons. The summed E-state index contributed by atoms with van der Waals surface area (Å²) in [5, 5.41) is 4.48. The zero-order valence-electron chi connectivity index (χ0n) is 20.0. The van der Waals surface area contributed by atoms with Gasteiger partial charge in [-0.25, -0.2) is 5.06 Å². The maximum Gasteiger partial charge on any atom is 0.0753 e. The zero-order chi connectivity index (χ0) is 22.3. The lowest BCUT2D eigenvalue weighted by atomic mass is 10.1. The van der Waals surface area contributed by atoms with Crippen LogP contribution < -0.4 is 5.06 Å². The van der Waals surface area contributed by atoms with Gasteiger partial charge in [0.15, 0.2) is 0 Å². The van der Waals surface area contributed by atoms with E-state index >= 15 is 0 Å². The molecule has 0 radical (unpaired) electrons. The van der Waals surface area contributed by atoms with Crippen LogP contribution in [-0.4, -0.2) is 6.61 Å². The van der Waals surface area contributed by atoms with E-state index in [2.05, 4.69) is 73.7 Å². The minimum Gasteiger partial charge on any atom is -0.269 e. The molecule has 0 saturated heterocycles. The molecule has 0 bridgehead atoms. The van der Waals surface area contributed by atoms with E-state index in [-0.39, 0.29) is 0 Å². The van der Waals surface area contributed by atoms with Crippen LogP contribution in [0.2, 0.25) is 0 Å². The Morgan fingerprint density at radius 2 is 1.09 bits per heavy atom. The van der Waals surface area contributed by atoms with Gasteiger partial charge in [0, 0.05) is 0 Å². The first kappa shape index (κ1) is 24.3. The fourth-order valence-corrected chi connectivity index (χ4v) is 4.26. The van der Waals surface area contributed by atoms with E-state index in [1.54, 1.807) is 0 Å². The monoisotopic (exact) mass is 431 g/mol. The Kier molecular flexibility index (Phi) is 11.2. The summed E-state index contributed by atoms with van der Waals surface area (Å²) in [4.78, 5) is 6.29. The summed E-state index contributed by atoms with van der Waals surface area (Å²) < 4.78 is 0. The van der Waals surface area contributed by atoms with Crippen molar-refractivity contribution in [1.29, 1.82) is 0 Å². The summed E-state index contributed by atoms with van der Waals surface area (Å²) in [5.74, 6) is 0. The van der Waals surface area contributed by atoms with Crippen molar-refractivity contribution in [3.63, 3.8) is 0 Å². The van der Waals surface area contributed by atoms with Crippen LogP contribution in [0, 0.1) is 0 Å². The van der Waals surface area contributed by atoms with Crippen LogP contribution in [0.3, 0.4) is 0 Å². The average Bonchev–Trinajstić information content (AvgIpc) is 2.84. The molecule has 0 aromatic heterocycles. The van der Waals surface area contributed by atoms with Crippen LogP contribution in [0.4, 0.5) is 11.4 Å². The fourth-order valence-electron chi connectivity index (χ4n) is 4.26. The Hall–Kier alpha value is -2.32. The van der Waals surface area contributed by atoms with E-state index in [9.17, 15) is 0 Å². The predicted octanol–water partition coefficient (Wildman–Crippen LogP) is 9.61. The Morgan fingerprint density at radius 1 is 0.531 bits per heavy atom. The summed E-state index contributed by atoms with van der Waals surface area (Å²) in [7, 11) is 0. The molecule has 2 nitrogen and oxygen atoms in total.